The molecule has 82 valence electrons. The Morgan fingerprint density at radius 3 is 2.60 bits per heavy atom. The van der Waals surface area contributed by atoms with Crippen LogP contribution in [0.3, 0.4) is 0 Å². The molecule has 0 aromatic heterocycles. The first-order valence-corrected chi connectivity index (χ1v) is 4.98. The molecule has 1 aromatic rings. The predicted molar refractivity (Wildman–Crippen MR) is 57.4 cm³/mol. The third-order valence-electron chi connectivity index (χ3n) is 2.73. The number of hydrogen-bond donors (Lipinski definition) is 1. The number of aliphatic hydroxyl groups is 1. The van der Waals surface area contributed by atoms with Gasteiger partial charge in [0.2, 0.25) is 5.69 Å². The fourth-order valence-corrected chi connectivity index (χ4v) is 2.09. The molecule has 0 radical (unpaired) electrons. The Bertz CT molecular complexity index is 385. The lowest BCUT2D eigenvalue weighted by molar-refractivity contribution is -0.436. The van der Waals surface area contributed by atoms with Gasteiger partial charge in [-0.2, -0.15) is 4.58 Å². The van der Waals surface area contributed by atoms with Crippen LogP contribution in [0.2, 0.25) is 0 Å². The van der Waals surface area contributed by atoms with E-state index < -0.39 is 0 Å². The molecule has 0 saturated heterocycles. The molecular weight excluding hydrogens is 301 g/mol. The topological polar surface area (TPSA) is 23.2 Å². The van der Waals surface area contributed by atoms with Gasteiger partial charge in [0, 0.05) is 11.6 Å². The van der Waals surface area contributed by atoms with Gasteiger partial charge >= 0.3 is 0 Å². The maximum absolute atomic E-state index is 8.96. The summed E-state index contributed by atoms with van der Waals surface area (Å²) in [4.78, 5) is 0. The summed E-state index contributed by atoms with van der Waals surface area (Å²) in [5.74, 6) is 0. The monoisotopic (exact) mass is 317 g/mol. The number of nitrogens with zero attached hydrogens (tertiary/aromatic N) is 1. The quantitative estimate of drug-likeness (QED) is 0.531. The molecule has 0 unspecified atom stereocenters. The first-order chi connectivity index (χ1) is 6.65. The van der Waals surface area contributed by atoms with Crippen LogP contribution >= 0.6 is 0 Å². The van der Waals surface area contributed by atoms with Crippen molar-refractivity contribution in [3.8, 4) is 0 Å². The molecule has 2 nitrogen and oxygen atoms in total. The second-order valence-corrected chi connectivity index (χ2v) is 4.28. The minimum Gasteiger partial charge on any atom is -1.00 e. The van der Waals surface area contributed by atoms with Gasteiger partial charge in [-0.1, -0.05) is 18.2 Å². The molecule has 1 aliphatic rings. The summed E-state index contributed by atoms with van der Waals surface area (Å²) < 4.78 is 2.13. The SMILES string of the molecule is CC1(C)C=[N+](CCO)c2ccccc21.[I-]. The van der Waals surface area contributed by atoms with Crippen molar-refractivity contribution in [1.82, 2.24) is 0 Å². The van der Waals surface area contributed by atoms with Crippen molar-refractivity contribution in [1.29, 1.82) is 0 Å². The fraction of sp³-hybridized carbons (Fsp3) is 0.417. The molecule has 2 rings (SSSR count). The van der Waals surface area contributed by atoms with Gasteiger partial charge in [-0.05, 0) is 13.8 Å². The minimum absolute atomic E-state index is 0. The van der Waals surface area contributed by atoms with Crippen LogP contribution in [0.5, 0.6) is 0 Å². The zero-order valence-electron chi connectivity index (χ0n) is 9.07. The summed E-state index contributed by atoms with van der Waals surface area (Å²) in [6.45, 7) is 5.27. The highest BCUT2D eigenvalue weighted by Crippen LogP contribution is 2.35. The Morgan fingerprint density at radius 2 is 1.93 bits per heavy atom. The molecule has 0 aliphatic carbocycles. The zero-order chi connectivity index (χ0) is 10.2. The average Bonchev–Trinajstić information content (AvgIpc) is 2.41. The van der Waals surface area contributed by atoms with Gasteiger partial charge in [-0.25, -0.2) is 0 Å². The number of rotatable bonds is 2. The van der Waals surface area contributed by atoms with Crippen LogP contribution in [-0.4, -0.2) is 29.0 Å². The van der Waals surface area contributed by atoms with E-state index in [2.05, 4.69) is 42.8 Å². The number of benzene rings is 1. The van der Waals surface area contributed by atoms with Crippen LogP contribution in [-0.2, 0) is 5.41 Å². The largest absolute Gasteiger partial charge is 1.00 e. The van der Waals surface area contributed by atoms with Crippen molar-refractivity contribution in [2.75, 3.05) is 13.2 Å². The van der Waals surface area contributed by atoms with Gasteiger partial charge in [-0.3, -0.25) is 0 Å². The fourth-order valence-electron chi connectivity index (χ4n) is 2.09. The second kappa shape index (κ2) is 4.61. The Balaban J connectivity index is 0.00000112. The van der Waals surface area contributed by atoms with Gasteiger partial charge in [0.1, 0.15) is 6.61 Å². The Kier molecular flexibility index (Phi) is 3.89. The average molecular weight is 317 g/mol. The van der Waals surface area contributed by atoms with Crippen LogP contribution < -0.4 is 24.0 Å². The molecule has 0 spiro atoms. The number of para-hydroxylation sites is 1. The lowest BCUT2D eigenvalue weighted by Gasteiger charge is -2.09. The van der Waals surface area contributed by atoms with Crippen molar-refractivity contribution < 1.29 is 33.7 Å². The highest BCUT2D eigenvalue weighted by molar-refractivity contribution is 5.76. The smallest absolute Gasteiger partial charge is 0.209 e. The summed E-state index contributed by atoms with van der Waals surface area (Å²) in [6, 6.07) is 8.37. The second-order valence-electron chi connectivity index (χ2n) is 4.28. The molecule has 1 aromatic carbocycles. The standard InChI is InChI=1S/C12H16NO.HI/c1-12(2)9-13(7-8-14)11-6-4-3-5-10(11)12;/h3-6,9,14H,7-8H2,1-2H3;1H/q+1;/p-1. The molecule has 0 atom stereocenters. The van der Waals surface area contributed by atoms with Crippen molar-refractivity contribution in [2.45, 2.75) is 19.3 Å². The van der Waals surface area contributed by atoms with Gasteiger partial charge < -0.3 is 29.1 Å². The van der Waals surface area contributed by atoms with Gasteiger partial charge in [0.15, 0.2) is 12.8 Å². The minimum atomic E-state index is 0. The Hall–Kier alpha value is -0.420. The highest BCUT2D eigenvalue weighted by atomic mass is 127. The van der Waals surface area contributed by atoms with E-state index in [1.54, 1.807) is 0 Å². The molecule has 0 amide bonds. The molecule has 15 heavy (non-hydrogen) atoms. The van der Waals surface area contributed by atoms with E-state index in [4.69, 9.17) is 5.11 Å². The van der Waals surface area contributed by atoms with Gasteiger partial charge in [0.25, 0.3) is 0 Å². The molecular formula is C12H16INO. The number of hydrogen-bond acceptors (Lipinski definition) is 1. The van der Waals surface area contributed by atoms with E-state index >= 15 is 0 Å². The van der Waals surface area contributed by atoms with E-state index in [0.29, 0.717) is 6.54 Å². The van der Waals surface area contributed by atoms with Crippen LogP contribution in [0.15, 0.2) is 24.3 Å². The normalized spacial score (nSPS) is 16.6. The molecule has 1 aliphatic heterocycles. The summed E-state index contributed by atoms with van der Waals surface area (Å²) in [5.41, 5.74) is 2.66. The molecule has 1 N–H and O–H groups in total. The molecule has 3 heteroatoms. The van der Waals surface area contributed by atoms with Gasteiger partial charge in [-0.15, -0.1) is 0 Å². The van der Waals surface area contributed by atoms with Gasteiger partial charge in [0.05, 0.1) is 5.41 Å². The van der Waals surface area contributed by atoms with E-state index in [0.717, 1.165) is 0 Å². The molecule has 0 bridgehead atoms. The predicted octanol–water partition coefficient (Wildman–Crippen LogP) is -1.31. The highest BCUT2D eigenvalue weighted by Gasteiger charge is 2.36. The summed E-state index contributed by atoms with van der Waals surface area (Å²) in [6.07, 6.45) is 2.19. The summed E-state index contributed by atoms with van der Waals surface area (Å²) >= 11 is 0. The van der Waals surface area contributed by atoms with E-state index in [9.17, 15) is 0 Å². The van der Waals surface area contributed by atoms with Crippen LogP contribution in [0.4, 0.5) is 5.69 Å². The zero-order valence-corrected chi connectivity index (χ0v) is 11.2. The molecule has 1 heterocycles. The first-order valence-electron chi connectivity index (χ1n) is 4.98. The van der Waals surface area contributed by atoms with E-state index in [1.165, 1.54) is 11.3 Å². The van der Waals surface area contributed by atoms with E-state index in [1.807, 2.05) is 6.07 Å². The summed E-state index contributed by atoms with van der Waals surface area (Å²) in [7, 11) is 0. The number of β-amino-alcohol motifs (C(OH)–C–C–N with tert-alkyl or cyclic N) is 1. The van der Waals surface area contributed by atoms with E-state index in [-0.39, 0.29) is 36.0 Å². The van der Waals surface area contributed by atoms with Crippen LogP contribution in [0.1, 0.15) is 19.4 Å². The number of aliphatic hydroxyl groups excluding tert-OH is 1. The van der Waals surface area contributed by atoms with Crippen molar-refractivity contribution in [2.24, 2.45) is 0 Å². The van der Waals surface area contributed by atoms with Crippen molar-refractivity contribution in [3.63, 3.8) is 0 Å². The summed E-state index contributed by atoms with van der Waals surface area (Å²) in [5, 5.41) is 8.96. The number of halogens is 1. The maximum Gasteiger partial charge on any atom is 0.209 e. The third kappa shape index (κ3) is 2.23. The third-order valence-corrected chi connectivity index (χ3v) is 2.73. The lowest BCUT2D eigenvalue weighted by Crippen LogP contribution is -3.00. The van der Waals surface area contributed by atoms with Crippen molar-refractivity contribution in [3.05, 3.63) is 29.8 Å². The van der Waals surface area contributed by atoms with Crippen molar-refractivity contribution >= 4 is 11.9 Å². The number of fused-ring (bicyclic) bond motifs is 1. The Morgan fingerprint density at radius 1 is 1.27 bits per heavy atom. The van der Waals surface area contributed by atoms with Crippen LogP contribution in [0, 0.1) is 0 Å². The molecule has 0 saturated carbocycles. The first kappa shape index (κ1) is 12.6. The van der Waals surface area contributed by atoms with Crippen LogP contribution in [0.25, 0.3) is 0 Å². The maximum atomic E-state index is 8.96. The lowest BCUT2D eigenvalue weighted by atomic mass is 9.87. The molecule has 0 fully saturated rings. The Labute approximate surface area is 108 Å².